The van der Waals surface area contributed by atoms with Crippen molar-refractivity contribution >= 4 is 17.9 Å². The van der Waals surface area contributed by atoms with Crippen LogP contribution in [0.25, 0.3) is 0 Å². The van der Waals surface area contributed by atoms with Crippen molar-refractivity contribution < 1.29 is 28.6 Å². The summed E-state index contributed by atoms with van der Waals surface area (Å²) in [4.78, 5) is 38.2. The molecule has 0 aromatic carbocycles. The minimum atomic E-state index is -0.782. The zero-order valence-electron chi connectivity index (χ0n) is 50.7. The van der Waals surface area contributed by atoms with Crippen molar-refractivity contribution in [2.45, 2.75) is 322 Å². The van der Waals surface area contributed by atoms with Crippen molar-refractivity contribution in [3.8, 4) is 0 Å². The number of carbonyl (C=O) groups excluding carboxylic acids is 3. The number of ether oxygens (including phenoxy) is 3. The van der Waals surface area contributed by atoms with Crippen LogP contribution >= 0.6 is 0 Å². The number of esters is 3. The largest absolute Gasteiger partial charge is 0.462 e. The predicted molar refractivity (Wildman–Crippen MR) is 334 cm³/mol. The van der Waals surface area contributed by atoms with Gasteiger partial charge in [-0.05, 0) is 116 Å². The molecule has 0 aliphatic carbocycles. The smallest absolute Gasteiger partial charge is 0.306 e. The Hall–Kier alpha value is -3.67. The molecule has 1 atom stereocenters. The van der Waals surface area contributed by atoms with E-state index in [1.165, 1.54) is 161 Å². The lowest BCUT2D eigenvalue weighted by molar-refractivity contribution is -0.167. The molecule has 1 unspecified atom stereocenters. The van der Waals surface area contributed by atoms with E-state index in [2.05, 4.69) is 118 Å². The fourth-order valence-electron chi connectivity index (χ4n) is 9.13. The quantitative estimate of drug-likeness (QED) is 0.0261. The van der Waals surface area contributed by atoms with Gasteiger partial charge in [-0.25, -0.2) is 0 Å². The summed E-state index contributed by atoms with van der Waals surface area (Å²) >= 11 is 0. The molecular weight excluding hydrogens is 949 g/mol. The van der Waals surface area contributed by atoms with Crippen LogP contribution < -0.4 is 0 Å². The zero-order valence-corrected chi connectivity index (χ0v) is 50.7. The van der Waals surface area contributed by atoms with E-state index in [0.717, 1.165) is 116 Å². The van der Waals surface area contributed by atoms with Crippen LogP contribution in [0.5, 0.6) is 0 Å². The van der Waals surface area contributed by atoms with Gasteiger partial charge in [-0.3, -0.25) is 14.4 Å². The van der Waals surface area contributed by atoms with E-state index in [1.807, 2.05) is 0 Å². The average molecular weight is 1070 g/mol. The second-order valence-corrected chi connectivity index (χ2v) is 21.6. The van der Waals surface area contributed by atoms with Crippen molar-refractivity contribution in [2.24, 2.45) is 0 Å². The van der Waals surface area contributed by atoms with E-state index in [4.69, 9.17) is 14.2 Å². The normalized spacial score (nSPS) is 12.7. The van der Waals surface area contributed by atoms with Crippen LogP contribution in [-0.2, 0) is 28.6 Å². The molecule has 0 bridgehead atoms. The standard InChI is InChI=1S/C71H122O6/c1-4-7-10-13-16-19-22-24-25-26-27-28-29-30-31-32-33-34-35-36-37-38-39-40-41-42-43-44-45-47-49-52-55-58-61-64-70(73)76-67-68(66-75-69(72)63-60-57-54-51-48-21-18-15-12-9-6-3)77-71(74)65-62-59-56-53-50-46-23-20-17-14-11-8-5-2/h7,10,15-16,18-20,23-25,27-28,30-31,33-34,68H,4-6,8-9,11-14,17,21-22,26,29,32,35-67H2,1-3H3/b10-7-,18-15-,19-16-,23-20-,25-24-,28-27-,31-30-,34-33-. The van der Waals surface area contributed by atoms with Crippen LogP contribution in [0.1, 0.15) is 316 Å². The Bertz CT molecular complexity index is 1510. The maximum Gasteiger partial charge on any atom is 0.306 e. The number of rotatable bonds is 59. The summed E-state index contributed by atoms with van der Waals surface area (Å²) in [6.07, 6.45) is 87.2. The lowest BCUT2D eigenvalue weighted by Gasteiger charge is -2.18. The third-order valence-corrected chi connectivity index (χ3v) is 14.0. The first-order valence-electron chi connectivity index (χ1n) is 32.7. The van der Waals surface area contributed by atoms with E-state index in [0.29, 0.717) is 19.3 Å². The Morgan fingerprint density at radius 3 is 0.844 bits per heavy atom. The first kappa shape index (κ1) is 73.3. The van der Waals surface area contributed by atoms with Gasteiger partial charge in [0.1, 0.15) is 13.2 Å². The molecule has 0 aromatic rings. The summed E-state index contributed by atoms with van der Waals surface area (Å²) in [5.74, 6) is -0.890. The SMILES string of the molecule is CC/C=C\C/C=C\C/C=C\C/C=C\C/C=C\C/C=C\CCCCCCCCCCCCCCCCCCC(=O)OCC(COC(=O)CCCCCCC/C=C\CCCC)OC(=O)CCCCCCC/C=C\CCCCCC. The van der Waals surface area contributed by atoms with E-state index < -0.39 is 6.10 Å². The van der Waals surface area contributed by atoms with Gasteiger partial charge >= 0.3 is 17.9 Å². The molecular formula is C71H122O6. The molecule has 0 aliphatic rings. The van der Waals surface area contributed by atoms with E-state index in [9.17, 15) is 14.4 Å². The number of allylic oxidation sites excluding steroid dienone is 16. The van der Waals surface area contributed by atoms with Crippen LogP contribution in [0.3, 0.4) is 0 Å². The lowest BCUT2D eigenvalue weighted by Crippen LogP contribution is -2.30. The third-order valence-electron chi connectivity index (χ3n) is 14.0. The Labute approximate surface area is 477 Å². The van der Waals surface area contributed by atoms with Gasteiger partial charge in [0, 0.05) is 19.3 Å². The summed E-state index contributed by atoms with van der Waals surface area (Å²) in [6, 6.07) is 0. The van der Waals surface area contributed by atoms with Crippen molar-refractivity contribution in [1.82, 2.24) is 0 Å². The molecule has 0 fully saturated rings. The molecule has 6 nitrogen and oxygen atoms in total. The molecule has 0 aliphatic heterocycles. The molecule has 0 saturated heterocycles. The second-order valence-electron chi connectivity index (χ2n) is 21.6. The monoisotopic (exact) mass is 1070 g/mol. The average Bonchev–Trinajstić information content (AvgIpc) is 3.43. The van der Waals surface area contributed by atoms with E-state index in [1.54, 1.807) is 0 Å². The van der Waals surface area contributed by atoms with Crippen molar-refractivity contribution in [3.63, 3.8) is 0 Å². The van der Waals surface area contributed by atoms with Crippen molar-refractivity contribution in [3.05, 3.63) is 97.2 Å². The minimum absolute atomic E-state index is 0.0802. The van der Waals surface area contributed by atoms with Gasteiger partial charge in [0.15, 0.2) is 6.10 Å². The highest BCUT2D eigenvalue weighted by Gasteiger charge is 2.19. The summed E-state index contributed by atoms with van der Waals surface area (Å²) in [7, 11) is 0. The first-order valence-corrected chi connectivity index (χ1v) is 32.7. The lowest BCUT2D eigenvalue weighted by atomic mass is 10.0. The Kier molecular flexibility index (Phi) is 61.8. The van der Waals surface area contributed by atoms with Crippen molar-refractivity contribution in [2.75, 3.05) is 13.2 Å². The van der Waals surface area contributed by atoms with Gasteiger partial charge in [0.05, 0.1) is 0 Å². The molecule has 6 heteroatoms. The Morgan fingerprint density at radius 2 is 0.519 bits per heavy atom. The van der Waals surface area contributed by atoms with Crippen LogP contribution in [-0.4, -0.2) is 37.2 Å². The molecule has 77 heavy (non-hydrogen) atoms. The van der Waals surface area contributed by atoms with Crippen LogP contribution in [0.2, 0.25) is 0 Å². The number of hydrogen-bond acceptors (Lipinski definition) is 6. The highest BCUT2D eigenvalue weighted by molar-refractivity contribution is 5.71. The summed E-state index contributed by atoms with van der Waals surface area (Å²) in [6.45, 7) is 6.48. The fraction of sp³-hybridized carbons (Fsp3) is 0.732. The summed E-state index contributed by atoms with van der Waals surface area (Å²) in [5.41, 5.74) is 0. The van der Waals surface area contributed by atoms with E-state index in [-0.39, 0.29) is 31.1 Å². The molecule has 0 saturated carbocycles. The third kappa shape index (κ3) is 63.0. The Balaban J connectivity index is 4.08. The number of hydrogen-bond donors (Lipinski definition) is 0. The molecule has 0 N–H and O–H groups in total. The first-order chi connectivity index (χ1) is 38.0. The molecule has 442 valence electrons. The van der Waals surface area contributed by atoms with Gasteiger partial charge in [-0.15, -0.1) is 0 Å². The summed E-state index contributed by atoms with van der Waals surface area (Å²) in [5, 5.41) is 0. The van der Waals surface area contributed by atoms with Crippen LogP contribution in [0.15, 0.2) is 97.2 Å². The maximum atomic E-state index is 12.8. The molecule has 0 heterocycles. The van der Waals surface area contributed by atoms with Gasteiger partial charge in [0.2, 0.25) is 0 Å². The van der Waals surface area contributed by atoms with Crippen LogP contribution in [0.4, 0.5) is 0 Å². The maximum absolute atomic E-state index is 12.8. The van der Waals surface area contributed by atoms with E-state index >= 15 is 0 Å². The molecule has 0 spiro atoms. The van der Waals surface area contributed by atoms with Gasteiger partial charge in [-0.1, -0.05) is 279 Å². The Morgan fingerprint density at radius 1 is 0.273 bits per heavy atom. The second kappa shape index (κ2) is 64.9. The minimum Gasteiger partial charge on any atom is -0.462 e. The zero-order chi connectivity index (χ0) is 55.7. The predicted octanol–water partition coefficient (Wildman–Crippen LogP) is 22.4. The molecule has 0 rings (SSSR count). The highest BCUT2D eigenvalue weighted by Crippen LogP contribution is 2.16. The van der Waals surface area contributed by atoms with Crippen LogP contribution in [0, 0.1) is 0 Å². The van der Waals surface area contributed by atoms with Gasteiger partial charge in [0.25, 0.3) is 0 Å². The highest BCUT2D eigenvalue weighted by atomic mass is 16.6. The fourth-order valence-corrected chi connectivity index (χ4v) is 9.13. The number of unbranched alkanes of at least 4 members (excludes halogenated alkanes) is 32. The molecule has 0 amide bonds. The number of carbonyl (C=O) groups is 3. The van der Waals surface area contributed by atoms with Gasteiger partial charge in [-0.2, -0.15) is 0 Å². The van der Waals surface area contributed by atoms with Gasteiger partial charge < -0.3 is 14.2 Å². The molecule has 0 radical (unpaired) electrons. The summed E-state index contributed by atoms with van der Waals surface area (Å²) < 4.78 is 16.9. The van der Waals surface area contributed by atoms with Crippen molar-refractivity contribution in [1.29, 1.82) is 0 Å². The molecule has 0 aromatic heterocycles. The topological polar surface area (TPSA) is 78.9 Å².